The number of amides is 1. The Bertz CT molecular complexity index is 742. The largest absolute Gasteiger partial charge is 0.482 e. The number of nitrogens with zero attached hydrogens (tertiary/aromatic N) is 1. The van der Waals surface area contributed by atoms with Crippen LogP contribution in [0.15, 0.2) is 46.9 Å². The normalized spacial score (nSPS) is 13.5. The second-order valence-corrected chi connectivity index (χ2v) is 5.80. The van der Waals surface area contributed by atoms with Crippen molar-refractivity contribution in [1.29, 1.82) is 0 Å². The lowest BCUT2D eigenvalue weighted by molar-refractivity contribution is -0.121. The van der Waals surface area contributed by atoms with E-state index in [1.54, 1.807) is 11.0 Å². The van der Waals surface area contributed by atoms with Crippen molar-refractivity contribution in [2.24, 2.45) is 0 Å². The van der Waals surface area contributed by atoms with Gasteiger partial charge in [-0.25, -0.2) is 4.79 Å². The van der Waals surface area contributed by atoms with E-state index in [0.717, 1.165) is 10.0 Å². The van der Waals surface area contributed by atoms with Gasteiger partial charge in [0.05, 0.1) is 17.8 Å². The minimum absolute atomic E-state index is 0.0907. The van der Waals surface area contributed by atoms with Gasteiger partial charge in [0.15, 0.2) is 6.61 Å². The fraction of sp³-hybridized carbons (Fsp3) is 0.125. The van der Waals surface area contributed by atoms with Gasteiger partial charge >= 0.3 is 5.97 Å². The molecule has 1 aliphatic heterocycles. The molecule has 2 aromatic rings. The fourth-order valence-electron chi connectivity index (χ4n) is 2.28. The summed E-state index contributed by atoms with van der Waals surface area (Å²) in [4.78, 5) is 24.7. The van der Waals surface area contributed by atoms with E-state index in [0.29, 0.717) is 18.0 Å². The van der Waals surface area contributed by atoms with Crippen LogP contribution in [-0.4, -0.2) is 23.6 Å². The third kappa shape index (κ3) is 2.82. The van der Waals surface area contributed by atoms with Crippen LogP contribution in [0.1, 0.15) is 15.9 Å². The molecule has 1 heterocycles. The molecule has 1 amide bonds. The topological polar surface area (TPSA) is 66.8 Å². The summed E-state index contributed by atoms with van der Waals surface area (Å²) in [7, 11) is 0. The van der Waals surface area contributed by atoms with Crippen LogP contribution in [0.2, 0.25) is 0 Å². The molecule has 1 aliphatic rings. The number of carboxylic acids is 1. The lowest BCUT2D eigenvalue weighted by Gasteiger charge is -2.29. The van der Waals surface area contributed by atoms with Crippen molar-refractivity contribution in [3.63, 3.8) is 0 Å². The number of aromatic carboxylic acids is 1. The Morgan fingerprint density at radius 1 is 1.23 bits per heavy atom. The van der Waals surface area contributed by atoms with Crippen LogP contribution in [0.4, 0.5) is 5.69 Å². The molecule has 0 saturated carbocycles. The number of carbonyl (C=O) groups is 2. The molecule has 0 fully saturated rings. The van der Waals surface area contributed by atoms with Gasteiger partial charge in [0.25, 0.3) is 5.91 Å². The third-order valence-electron chi connectivity index (χ3n) is 3.40. The van der Waals surface area contributed by atoms with Gasteiger partial charge in [-0.3, -0.25) is 4.79 Å². The Hall–Kier alpha value is -2.34. The van der Waals surface area contributed by atoms with Crippen LogP contribution in [0.25, 0.3) is 0 Å². The Kier molecular flexibility index (Phi) is 3.85. The molecule has 3 rings (SSSR count). The van der Waals surface area contributed by atoms with Gasteiger partial charge < -0.3 is 14.7 Å². The molecule has 2 aromatic carbocycles. The summed E-state index contributed by atoms with van der Waals surface area (Å²) in [6.07, 6.45) is 0. The number of rotatable bonds is 3. The Morgan fingerprint density at radius 3 is 2.64 bits per heavy atom. The van der Waals surface area contributed by atoms with Gasteiger partial charge in [-0.05, 0) is 35.9 Å². The molecule has 0 saturated heterocycles. The summed E-state index contributed by atoms with van der Waals surface area (Å²) in [5.41, 5.74) is 1.70. The monoisotopic (exact) mass is 361 g/mol. The molecule has 0 spiro atoms. The number of ether oxygens (including phenoxy) is 1. The Morgan fingerprint density at radius 2 is 1.95 bits per heavy atom. The Balaban J connectivity index is 1.93. The van der Waals surface area contributed by atoms with Crippen LogP contribution in [-0.2, 0) is 11.3 Å². The van der Waals surface area contributed by atoms with Gasteiger partial charge in [-0.15, -0.1) is 0 Å². The van der Waals surface area contributed by atoms with E-state index in [4.69, 9.17) is 9.84 Å². The van der Waals surface area contributed by atoms with Gasteiger partial charge in [0, 0.05) is 4.47 Å². The highest BCUT2D eigenvalue weighted by Gasteiger charge is 2.26. The maximum Gasteiger partial charge on any atom is 0.335 e. The zero-order valence-electron chi connectivity index (χ0n) is 11.5. The minimum Gasteiger partial charge on any atom is -0.482 e. The van der Waals surface area contributed by atoms with Crippen molar-refractivity contribution in [2.45, 2.75) is 6.54 Å². The first-order valence-electron chi connectivity index (χ1n) is 6.59. The van der Waals surface area contributed by atoms with Crippen molar-refractivity contribution >= 4 is 33.5 Å². The van der Waals surface area contributed by atoms with E-state index in [-0.39, 0.29) is 18.1 Å². The van der Waals surface area contributed by atoms with Crippen LogP contribution >= 0.6 is 15.9 Å². The molecule has 112 valence electrons. The first-order valence-corrected chi connectivity index (χ1v) is 7.39. The molecule has 0 unspecified atom stereocenters. The molecule has 22 heavy (non-hydrogen) atoms. The first kappa shape index (κ1) is 14.6. The highest BCUT2D eigenvalue weighted by molar-refractivity contribution is 9.10. The van der Waals surface area contributed by atoms with Gasteiger partial charge in [-0.1, -0.05) is 28.1 Å². The predicted molar refractivity (Wildman–Crippen MR) is 84.2 cm³/mol. The lowest BCUT2D eigenvalue weighted by atomic mass is 10.1. The molecule has 1 N–H and O–H groups in total. The quantitative estimate of drug-likeness (QED) is 0.912. The Labute approximate surface area is 135 Å². The van der Waals surface area contributed by atoms with Crippen molar-refractivity contribution in [3.8, 4) is 5.75 Å². The van der Waals surface area contributed by atoms with Crippen LogP contribution < -0.4 is 9.64 Å². The number of hydrogen-bond acceptors (Lipinski definition) is 3. The number of carbonyl (C=O) groups excluding carboxylic acids is 1. The molecule has 0 aliphatic carbocycles. The van der Waals surface area contributed by atoms with Gasteiger partial charge in [-0.2, -0.15) is 0 Å². The standard InChI is InChI=1S/C16H12BrNO4/c17-12-4-1-10(2-5-12)8-18-13-6-3-11(16(20)21)7-14(13)22-9-15(18)19/h1-7H,8-9H2,(H,20,21). The van der Waals surface area contributed by atoms with Gasteiger partial charge in [0.1, 0.15) is 5.75 Å². The summed E-state index contributed by atoms with van der Waals surface area (Å²) in [5, 5.41) is 9.02. The van der Waals surface area contributed by atoms with E-state index < -0.39 is 5.97 Å². The molecular formula is C16H12BrNO4. The van der Waals surface area contributed by atoms with E-state index >= 15 is 0 Å². The molecule has 0 atom stereocenters. The number of halogens is 1. The average molecular weight is 362 g/mol. The molecular weight excluding hydrogens is 350 g/mol. The maximum absolute atomic E-state index is 12.1. The maximum atomic E-state index is 12.1. The highest BCUT2D eigenvalue weighted by atomic mass is 79.9. The minimum atomic E-state index is -1.03. The summed E-state index contributed by atoms with van der Waals surface area (Å²) in [6.45, 7) is 0.321. The predicted octanol–water partition coefficient (Wildman–Crippen LogP) is 3.07. The lowest BCUT2D eigenvalue weighted by Crippen LogP contribution is -2.38. The number of hydrogen-bond donors (Lipinski definition) is 1. The zero-order chi connectivity index (χ0) is 15.7. The smallest absolute Gasteiger partial charge is 0.335 e. The van der Waals surface area contributed by atoms with Gasteiger partial charge in [0.2, 0.25) is 0 Å². The fourth-order valence-corrected chi connectivity index (χ4v) is 2.55. The van der Waals surface area contributed by atoms with Crippen molar-refractivity contribution in [1.82, 2.24) is 0 Å². The molecule has 0 radical (unpaired) electrons. The SMILES string of the molecule is O=C(O)c1ccc2c(c1)OCC(=O)N2Cc1ccc(Br)cc1. The first-order chi connectivity index (χ1) is 10.5. The number of anilines is 1. The number of carboxylic acid groups (broad SMARTS) is 1. The second kappa shape index (κ2) is 5.81. The van der Waals surface area contributed by atoms with E-state index in [9.17, 15) is 9.59 Å². The van der Waals surface area contributed by atoms with E-state index in [1.165, 1.54) is 12.1 Å². The summed E-state index contributed by atoms with van der Waals surface area (Å²) in [6, 6.07) is 12.2. The summed E-state index contributed by atoms with van der Waals surface area (Å²) >= 11 is 3.37. The van der Waals surface area contributed by atoms with E-state index in [1.807, 2.05) is 24.3 Å². The van der Waals surface area contributed by atoms with E-state index in [2.05, 4.69) is 15.9 Å². The van der Waals surface area contributed by atoms with Crippen molar-refractivity contribution in [3.05, 3.63) is 58.1 Å². The van der Waals surface area contributed by atoms with Crippen LogP contribution in [0, 0.1) is 0 Å². The highest BCUT2D eigenvalue weighted by Crippen LogP contribution is 2.34. The molecule has 6 heteroatoms. The second-order valence-electron chi connectivity index (χ2n) is 4.88. The number of benzene rings is 2. The van der Waals surface area contributed by atoms with Crippen LogP contribution in [0.5, 0.6) is 5.75 Å². The summed E-state index contributed by atoms with van der Waals surface area (Å²) in [5.74, 6) is -0.766. The molecule has 5 nitrogen and oxygen atoms in total. The van der Waals surface area contributed by atoms with Crippen molar-refractivity contribution in [2.75, 3.05) is 11.5 Å². The zero-order valence-corrected chi connectivity index (χ0v) is 13.0. The van der Waals surface area contributed by atoms with Crippen LogP contribution in [0.3, 0.4) is 0 Å². The summed E-state index contributed by atoms with van der Waals surface area (Å²) < 4.78 is 6.32. The number of fused-ring (bicyclic) bond motifs is 1. The average Bonchev–Trinajstić information content (AvgIpc) is 2.51. The van der Waals surface area contributed by atoms with Crippen molar-refractivity contribution < 1.29 is 19.4 Å². The molecule has 0 bridgehead atoms. The third-order valence-corrected chi connectivity index (χ3v) is 3.93. The molecule has 0 aromatic heterocycles.